The Morgan fingerprint density at radius 2 is 0.400 bits per heavy atom. The second kappa shape index (κ2) is 21.4. The summed E-state index contributed by atoms with van der Waals surface area (Å²) in [6.07, 6.45) is 0. The molecule has 3 aliphatic rings. The molecule has 0 spiro atoms. The largest absolute Gasteiger partial charge is 0.656 e. The zero-order valence-corrected chi connectivity index (χ0v) is 53.4. The molecule has 0 fully saturated rings. The molecule has 8 bridgehead atoms. The van der Waals surface area contributed by atoms with E-state index in [9.17, 15) is 0 Å². The average Bonchev–Trinajstić information content (AvgIpc) is 1.66. The van der Waals surface area contributed by atoms with E-state index in [1.807, 2.05) is 0 Å². The van der Waals surface area contributed by atoms with E-state index in [2.05, 4.69) is 274 Å². The standard InChI is InChI=1S/C84H60N4.CH3.Pd/c1-45-21-17-22-46(2)69(45)73-77-61-37-53-29-9-11-31-55(53)39-63(61)79(85-77)74(70-47(3)23-18-24-48(70)4)81-65-41-57-33-13-15-35-59(57)43-67(65)83(87-81)76(72-51(7)27-20-28-52(72)8)84-68-44-60-36-16-14-34-58(60)42-66(68)82(88-84)75(71-49(5)25-19-26-50(71)6)80-64-40-56-32-12-10-30-54(56)38-62(64)78(73)86-80;;/h9-44H,1-8H3;1H3;/q-2;-1;. The normalized spacial score (nSPS) is 11.8. The minimum absolute atomic E-state index is 0. The van der Waals surface area contributed by atoms with E-state index in [-0.39, 0.29) is 27.8 Å². The van der Waals surface area contributed by atoms with Gasteiger partial charge in [0, 0.05) is 42.7 Å². The van der Waals surface area contributed by atoms with Gasteiger partial charge in [-0.05, 0) is 258 Å². The third-order valence-corrected chi connectivity index (χ3v) is 19.3. The number of rotatable bonds is 4. The number of hydrogen-bond acceptors (Lipinski definition) is 2. The predicted octanol–water partition coefficient (Wildman–Crippen LogP) is 22.7. The summed E-state index contributed by atoms with van der Waals surface area (Å²) in [5.74, 6) is 0. The first kappa shape index (κ1) is 56.5. The Kier molecular flexibility index (Phi) is 13.4. The fourth-order valence-electron chi connectivity index (χ4n) is 15.2. The second-order valence-electron chi connectivity index (χ2n) is 24.8. The Balaban J connectivity index is 0.00000338. The third-order valence-electron chi connectivity index (χ3n) is 19.3. The number of benzene rings is 12. The van der Waals surface area contributed by atoms with Crippen LogP contribution in [0, 0.1) is 62.8 Å². The van der Waals surface area contributed by atoms with Crippen LogP contribution in [0.4, 0.5) is 0 Å². The summed E-state index contributed by atoms with van der Waals surface area (Å²) in [5, 5.41) is 13.4. The SMILES string of the molecule is Cc1cccc(C)c1-c1c2nc(c(-c3c(C)cccc3C)c3[n-]c(c(-c4c(C)cccc4C)c4nc(c(-c5c(C)cccc5C)c5[n-]c1c1cc6ccccc6cc51)-c1cc5ccccc5cc1-4)c1cc4ccccc4cc31)-c1cc3ccccc3cc1-2.[CH3-].[Pd]. The number of fused-ring (bicyclic) bond motifs is 4. The Labute approximate surface area is 538 Å². The minimum Gasteiger partial charge on any atom is -0.656 e. The number of aromatic nitrogens is 4. The summed E-state index contributed by atoms with van der Waals surface area (Å²) in [4.78, 5) is 25.4. The molecule has 0 saturated carbocycles. The molecule has 0 N–H and O–H groups in total. The van der Waals surface area contributed by atoms with Crippen molar-refractivity contribution in [2.24, 2.45) is 0 Å². The summed E-state index contributed by atoms with van der Waals surface area (Å²) >= 11 is 0. The van der Waals surface area contributed by atoms with E-state index in [1.54, 1.807) is 0 Å². The molecular formula is C85H63N4Pd-3. The first-order chi connectivity index (χ1) is 42.9. The monoisotopic (exact) mass is 1250 g/mol. The van der Waals surface area contributed by atoms with Crippen molar-refractivity contribution in [1.29, 1.82) is 0 Å². The van der Waals surface area contributed by atoms with Gasteiger partial charge in [-0.15, -0.1) is 22.1 Å². The minimum atomic E-state index is 0. The summed E-state index contributed by atoms with van der Waals surface area (Å²) in [7, 11) is 0. The van der Waals surface area contributed by atoms with E-state index in [0.717, 1.165) is 221 Å². The van der Waals surface area contributed by atoms with Gasteiger partial charge in [0.1, 0.15) is 0 Å². The second-order valence-corrected chi connectivity index (χ2v) is 24.8. The van der Waals surface area contributed by atoms with Gasteiger partial charge in [-0.1, -0.05) is 170 Å². The molecule has 0 amide bonds. The van der Waals surface area contributed by atoms with Gasteiger partial charge in [-0.25, -0.2) is 9.97 Å². The van der Waals surface area contributed by atoms with Crippen LogP contribution in [0.15, 0.2) is 218 Å². The molecule has 12 aromatic carbocycles. The average molecular weight is 1250 g/mol. The first-order valence-corrected chi connectivity index (χ1v) is 30.7. The molecule has 436 valence electrons. The smallest absolute Gasteiger partial charge is 0.0783 e. The van der Waals surface area contributed by atoms with E-state index in [1.165, 1.54) is 0 Å². The summed E-state index contributed by atoms with van der Waals surface area (Å²) in [6, 6.07) is 81.0. The molecule has 0 saturated heterocycles. The van der Waals surface area contributed by atoms with Crippen molar-refractivity contribution < 1.29 is 20.4 Å². The van der Waals surface area contributed by atoms with Crippen molar-refractivity contribution in [3.8, 4) is 89.5 Å². The van der Waals surface area contributed by atoms with Crippen molar-refractivity contribution in [1.82, 2.24) is 19.9 Å². The van der Waals surface area contributed by atoms with Crippen molar-refractivity contribution in [2.75, 3.05) is 0 Å². The van der Waals surface area contributed by atoms with Gasteiger partial charge in [0.2, 0.25) is 0 Å². The summed E-state index contributed by atoms with van der Waals surface area (Å²) in [5.41, 5.74) is 28.9. The molecule has 2 aliphatic heterocycles. The van der Waals surface area contributed by atoms with Gasteiger partial charge in [0.05, 0.1) is 22.8 Å². The van der Waals surface area contributed by atoms with Crippen LogP contribution in [-0.4, -0.2) is 9.97 Å². The molecular weight excluding hydrogens is 1180 g/mol. The molecule has 4 nitrogen and oxygen atoms in total. The molecule has 0 radical (unpaired) electrons. The zero-order chi connectivity index (χ0) is 59.4. The van der Waals surface area contributed by atoms with Crippen LogP contribution in [0.2, 0.25) is 0 Å². The van der Waals surface area contributed by atoms with Gasteiger partial charge in [0.15, 0.2) is 0 Å². The molecule has 2 aromatic heterocycles. The maximum atomic E-state index is 6.35. The van der Waals surface area contributed by atoms with Gasteiger partial charge >= 0.3 is 0 Å². The molecule has 0 unspecified atom stereocenters. The van der Waals surface area contributed by atoms with Crippen LogP contribution >= 0.6 is 0 Å². The first-order valence-electron chi connectivity index (χ1n) is 30.7. The molecule has 4 heterocycles. The Bertz CT molecular complexity index is 5010. The maximum absolute atomic E-state index is 6.35. The van der Waals surface area contributed by atoms with E-state index in [0.29, 0.717) is 0 Å². The van der Waals surface area contributed by atoms with Gasteiger partial charge in [0.25, 0.3) is 0 Å². The van der Waals surface area contributed by atoms with Crippen molar-refractivity contribution >= 4 is 86.7 Å². The van der Waals surface area contributed by atoms with Crippen molar-refractivity contribution in [3.63, 3.8) is 0 Å². The number of aryl methyl sites for hydroxylation is 8. The van der Waals surface area contributed by atoms with E-state index >= 15 is 0 Å². The molecule has 17 rings (SSSR count). The molecule has 1 aliphatic carbocycles. The Morgan fingerprint density at radius 3 is 0.589 bits per heavy atom. The number of hydrogen-bond donors (Lipinski definition) is 0. The van der Waals surface area contributed by atoms with Crippen molar-refractivity contribution in [2.45, 2.75) is 55.4 Å². The Morgan fingerprint density at radius 1 is 0.222 bits per heavy atom. The number of nitrogens with zero attached hydrogens (tertiary/aromatic N) is 4. The molecule has 0 atom stereocenters. The van der Waals surface area contributed by atoms with Crippen LogP contribution in [0.5, 0.6) is 0 Å². The van der Waals surface area contributed by atoms with Crippen LogP contribution in [-0.2, 0) is 20.4 Å². The summed E-state index contributed by atoms with van der Waals surface area (Å²) in [6.45, 7) is 18.0. The Hall–Kier alpha value is -10.0. The summed E-state index contributed by atoms with van der Waals surface area (Å²) < 4.78 is 0. The van der Waals surface area contributed by atoms with Crippen LogP contribution in [0.3, 0.4) is 0 Å². The fraction of sp³-hybridized carbons (Fsp3) is 0.0941. The van der Waals surface area contributed by atoms with Gasteiger partial charge < -0.3 is 17.4 Å². The predicted molar refractivity (Wildman–Crippen MR) is 379 cm³/mol. The quantitative estimate of drug-likeness (QED) is 0.130. The van der Waals surface area contributed by atoms with Crippen molar-refractivity contribution in [3.05, 3.63) is 270 Å². The van der Waals surface area contributed by atoms with Gasteiger partial charge in [-0.2, -0.15) is 0 Å². The van der Waals surface area contributed by atoms with E-state index in [4.69, 9.17) is 19.9 Å². The molecule has 14 aromatic rings. The van der Waals surface area contributed by atoms with E-state index < -0.39 is 0 Å². The van der Waals surface area contributed by atoms with Crippen LogP contribution in [0.25, 0.3) is 176 Å². The maximum Gasteiger partial charge on any atom is 0.0783 e. The fourth-order valence-corrected chi connectivity index (χ4v) is 15.2. The molecule has 90 heavy (non-hydrogen) atoms. The van der Waals surface area contributed by atoms with Crippen LogP contribution < -0.4 is 9.97 Å². The van der Waals surface area contributed by atoms with Gasteiger partial charge in [-0.3, -0.25) is 0 Å². The van der Waals surface area contributed by atoms with Crippen LogP contribution in [0.1, 0.15) is 44.5 Å². The zero-order valence-electron chi connectivity index (χ0n) is 51.9. The topological polar surface area (TPSA) is 54.0 Å². The third kappa shape index (κ3) is 8.44. The molecule has 5 heteroatoms.